The molecule has 0 spiro atoms. The van der Waals surface area contributed by atoms with Crippen LogP contribution in [0.2, 0.25) is 5.02 Å². The molecule has 2 rings (SSSR count). The molecule has 4 heteroatoms. The highest BCUT2D eigenvalue weighted by Gasteiger charge is 2.47. The van der Waals surface area contributed by atoms with Crippen molar-refractivity contribution in [2.24, 2.45) is 11.3 Å². The number of rotatable bonds is 4. The van der Waals surface area contributed by atoms with Gasteiger partial charge >= 0.3 is 5.97 Å². The summed E-state index contributed by atoms with van der Waals surface area (Å²) in [5.74, 6) is -0.997. The molecule has 1 unspecified atom stereocenters. The Kier molecular flexibility index (Phi) is 3.13. The number of aliphatic carboxylic acids is 1. The number of hydrogen-bond acceptors (Lipinski definition) is 1. The molecule has 0 heterocycles. The fraction of sp³-hybridized carbons (Fsp3) is 0.462. The molecule has 92 valence electrons. The van der Waals surface area contributed by atoms with Crippen LogP contribution in [-0.4, -0.2) is 11.1 Å². The van der Waals surface area contributed by atoms with Crippen LogP contribution >= 0.6 is 11.6 Å². The van der Waals surface area contributed by atoms with Gasteiger partial charge in [-0.3, -0.25) is 4.79 Å². The molecule has 1 aromatic carbocycles. The standard InChI is InChI=1S/C13H14ClFO2/c1-13(12(16)17,9-3-4-9)7-8-2-5-10(15)6-11(8)14/h2,5-6,9H,3-4,7H2,1H3,(H,16,17). The first-order valence-corrected chi connectivity index (χ1v) is 5.98. The van der Waals surface area contributed by atoms with E-state index in [2.05, 4.69) is 0 Å². The molecular weight excluding hydrogens is 243 g/mol. The first-order valence-electron chi connectivity index (χ1n) is 5.61. The average Bonchev–Trinajstić information content (AvgIpc) is 3.05. The summed E-state index contributed by atoms with van der Waals surface area (Å²) in [4.78, 5) is 11.4. The minimum absolute atomic E-state index is 0.209. The van der Waals surface area contributed by atoms with Crippen molar-refractivity contribution in [1.82, 2.24) is 0 Å². The quantitative estimate of drug-likeness (QED) is 0.895. The molecule has 2 nitrogen and oxygen atoms in total. The van der Waals surface area contributed by atoms with Crippen LogP contribution in [0.3, 0.4) is 0 Å². The van der Waals surface area contributed by atoms with E-state index in [1.165, 1.54) is 12.1 Å². The van der Waals surface area contributed by atoms with Crippen LogP contribution in [0.1, 0.15) is 25.3 Å². The van der Waals surface area contributed by atoms with Gasteiger partial charge in [-0.25, -0.2) is 4.39 Å². The monoisotopic (exact) mass is 256 g/mol. The summed E-state index contributed by atoms with van der Waals surface area (Å²) in [6.45, 7) is 1.74. The van der Waals surface area contributed by atoms with Crippen molar-refractivity contribution in [1.29, 1.82) is 0 Å². The molecule has 0 radical (unpaired) electrons. The van der Waals surface area contributed by atoms with Crippen LogP contribution in [0.5, 0.6) is 0 Å². The number of carboxylic acid groups (broad SMARTS) is 1. The maximum Gasteiger partial charge on any atom is 0.309 e. The molecule has 1 atom stereocenters. The van der Waals surface area contributed by atoms with E-state index in [0.717, 1.165) is 12.8 Å². The van der Waals surface area contributed by atoms with Gasteiger partial charge in [0.2, 0.25) is 0 Å². The molecule has 1 N–H and O–H groups in total. The zero-order valence-electron chi connectivity index (χ0n) is 9.54. The van der Waals surface area contributed by atoms with Crippen molar-refractivity contribution in [3.8, 4) is 0 Å². The Morgan fingerprint density at radius 2 is 2.24 bits per heavy atom. The molecule has 0 aliphatic heterocycles. The van der Waals surface area contributed by atoms with E-state index >= 15 is 0 Å². The van der Waals surface area contributed by atoms with Gasteiger partial charge in [0.15, 0.2) is 0 Å². The highest BCUT2D eigenvalue weighted by molar-refractivity contribution is 6.31. The van der Waals surface area contributed by atoms with Crippen molar-refractivity contribution in [2.45, 2.75) is 26.2 Å². The molecule has 1 saturated carbocycles. The Labute approximate surface area is 104 Å². The number of hydrogen-bond donors (Lipinski definition) is 1. The Morgan fingerprint density at radius 1 is 1.59 bits per heavy atom. The first kappa shape index (κ1) is 12.4. The summed E-state index contributed by atoms with van der Waals surface area (Å²) in [6.07, 6.45) is 2.25. The maximum atomic E-state index is 12.9. The van der Waals surface area contributed by atoms with Gasteiger partial charge in [-0.1, -0.05) is 17.7 Å². The highest BCUT2D eigenvalue weighted by atomic mass is 35.5. The SMILES string of the molecule is CC(Cc1ccc(F)cc1Cl)(C(=O)O)C1CC1. The van der Waals surface area contributed by atoms with Gasteiger partial charge in [-0.15, -0.1) is 0 Å². The second kappa shape index (κ2) is 4.30. The molecule has 1 aliphatic rings. The number of carboxylic acids is 1. The molecular formula is C13H14ClFO2. The van der Waals surface area contributed by atoms with Crippen LogP contribution in [0, 0.1) is 17.2 Å². The molecule has 1 fully saturated rings. The van der Waals surface area contributed by atoms with Gasteiger partial charge in [0.05, 0.1) is 5.41 Å². The van der Waals surface area contributed by atoms with Crippen LogP contribution in [0.15, 0.2) is 18.2 Å². The third kappa shape index (κ3) is 2.44. The number of benzene rings is 1. The first-order chi connectivity index (χ1) is 7.93. The molecule has 0 bridgehead atoms. The van der Waals surface area contributed by atoms with E-state index in [-0.39, 0.29) is 5.92 Å². The second-order valence-electron chi connectivity index (χ2n) is 4.91. The van der Waals surface area contributed by atoms with Crippen LogP contribution in [0.25, 0.3) is 0 Å². The third-order valence-electron chi connectivity index (χ3n) is 3.54. The predicted octanol–water partition coefficient (Wildman–Crippen LogP) is 3.52. The lowest BCUT2D eigenvalue weighted by Gasteiger charge is -2.25. The van der Waals surface area contributed by atoms with E-state index in [0.29, 0.717) is 17.0 Å². The summed E-state index contributed by atoms with van der Waals surface area (Å²) in [6, 6.07) is 4.11. The van der Waals surface area contributed by atoms with E-state index in [4.69, 9.17) is 11.6 Å². The fourth-order valence-electron chi connectivity index (χ4n) is 2.18. The predicted molar refractivity (Wildman–Crippen MR) is 63.6 cm³/mol. The lowest BCUT2D eigenvalue weighted by Crippen LogP contribution is -2.32. The van der Waals surface area contributed by atoms with E-state index in [1.807, 2.05) is 0 Å². The topological polar surface area (TPSA) is 37.3 Å². The Hall–Kier alpha value is -1.09. The number of carbonyl (C=O) groups is 1. The van der Waals surface area contributed by atoms with Crippen molar-refractivity contribution in [3.05, 3.63) is 34.6 Å². The largest absolute Gasteiger partial charge is 0.481 e. The Balaban J connectivity index is 2.26. The fourth-order valence-corrected chi connectivity index (χ4v) is 2.41. The molecule has 1 aromatic rings. The average molecular weight is 257 g/mol. The van der Waals surface area contributed by atoms with Gasteiger partial charge in [-0.2, -0.15) is 0 Å². The van der Waals surface area contributed by atoms with E-state index in [9.17, 15) is 14.3 Å². The van der Waals surface area contributed by atoms with Gasteiger partial charge in [-0.05, 0) is 49.8 Å². The molecule has 0 saturated heterocycles. The highest BCUT2D eigenvalue weighted by Crippen LogP contribution is 2.48. The van der Waals surface area contributed by atoms with Gasteiger partial charge in [0.1, 0.15) is 5.82 Å². The maximum absolute atomic E-state index is 12.9. The summed E-state index contributed by atoms with van der Waals surface area (Å²) in [5.41, 5.74) is -0.0913. The Morgan fingerprint density at radius 3 is 2.71 bits per heavy atom. The smallest absolute Gasteiger partial charge is 0.309 e. The summed E-state index contributed by atoms with van der Waals surface area (Å²) in [5, 5.41) is 9.64. The molecule has 17 heavy (non-hydrogen) atoms. The minimum Gasteiger partial charge on any atom is -0.481 e. The Bertz CT molecular complexity index is 457. The normalized spacial score (nSPS) is 18.8. The summed E-state index contributed by atoms with van der Waals surface area (Å²) in [7, 11) is 0. The van der Waals surface area contributed by atoms with E-state index in [1.54, 1.807) is 13.0 Å². The molecule has 0 amide bonds. The van der Waals surface area contributed by atoms with Crippen molar-refractivity contribution >= 4 is 17.6 Å². The number of halogens is 2. The lowest BCUT2D eigenvalue weighted by molar-refractivity contribution is -0.149. The molecule has 0 aromatic heterocycles. The van der Waals surface area contributed by atoms with Crippen LogP contribution in [0.4, 0.5) is 4.39 Å². The third-order valence-corrected chi connectivity index (χ3v) is 3.89. The van der Waals surface area contributed by atoms with Gasteiger partial charge in [0, 0.05) is 5.02 Å². The summed E-state index contributed by atoms with van der Waals surface area (Å²) < 4.78 is 12.9. The van der Waals surface area contributed by atoms with E-state index < -0.39 is 17.2 Å². The zero-order valence-corrected chi connectivity index (χ0v) is 10.3. The lowest BCUT2D eigenvalue weighted by atomic mass is 9.79. The van der Waals surface area contributed by atoms with Gasteiger partial charge < -0.3 is 5.11 Å². The zero-order chi connectivity index (χ0) is 12.6. The van der Waals surface area contributed by atoms with Crippen molar-refractivity contribution < 1.29 is 14.3 Å². The second-order valence-corrected chi connectivity index (χ2v) is 5.32. The van der Waals surface area contributed by atoms with Crippen LogP contribution < -0.4 is 0 Å². The van der Waals surface area contributed by atoms with Crippen molar-refractivity contribution in [3.63, 3.8) is 0 Å². The van der Waals surface area contributed by atoms with Crippen LogP contribution in [-0.2, 0) is 11.2 Å². The van der Waals surface area contributed by atoms with Crippen molar-refractivity contribution in [2.75, 3.05) is 0 Å². The van der Waals surface area contributed by atoms with Gasteiger partial charge in [0.25, 0.3) is 0 Å². The molecule has 1 aliphatic carbocycles. The summed E-state index contributed by atoms with van der Waals surface area (Å²) >= 11 is 5.93. The minimum atomic E-state index is -0.805.